The predicted octanol–water partition coefficient (Wildman–Crippen LogP) is 4.35. The van der Waals surface area contributed by atoms with Gasteiger partial charge < -0.3 is 9.67 Å². The summed E-state index contributed by atoms with van der Waals surface area (Å²) in [4.78, 5) is 0. The molecule has 3 rings (SSSR count). The van der Waals surface area contributed by atoms with Crippen molar-refractivity contribution in [1.29, 1.82) is 0 Å². The normalized spacial score (nSPS) is 11.9. The van der Waals surface area contributed by atoms with Crippen molar-refractivity contribution in [2.24, 2.45) is 0 Å². The molecule has 0 saturated heterocycles. The van der Waals surface area contributed by atoms with Gasteiger partial charge in [0, 0.05) is 11.1 Å². The van der Waals surface area contributed by atoms with Crippen LogP contribution in [-0.2, 0) is 6.18 Å². The Bertz CT molecular complexity index is 760. The van der Waals surface area contributed by atoms with Gasteiger partial charge in [-0.2, -0.15) is 13.2 Å². The maximum Gasteiger partial charge on any atom is 0.431 e. The molecule has 102 valence electrons. The maximum atomic E-state index is 13.2. The van der Waals surface area contributed by atoms with Crippen molar-refractivity contribution < 1.29 is 18.3 Å². The minimum Gasteiger partial charge on any atom is -0.508 e. The van der Waals surface area contributed by atoms with E-state index in [0.717, 1.165) is 10.6 Å². The second-order valence-corrected chi connectivity index (χ2v) is 4.44. The van der Waals surface area contributed by atoms with Crippen LogP contribution in [0.4, 0.5) is 13.2 Å². The number of phenolic OH excluding ortho intramolecular Hbond substituents is 1. The first-order chi connectivity index (χ1) is 9.47. The smallest absolute Gasteiger partial charge is 0.431 e. The Morgan fingerprint density at radius 1 is 0.900 bits per heavy atom. The third-order valence-corrected chi connectivity index (χ3v) is 3.09. The topological polar surface area (TPSA) is 25.2 Å². The lowest BCUT2D eigenvalue weighted by molar-refractivity contribution is -0.142. The van der Waals surface area contributed by atoms with Crippen LogP contribution in [0, 0.1) is 0 Å². The second-order valence-electron chi connectivity index (χ2n) is 4.44. The number of fused-ring (bicyclic) bond motifs is 1. The van der Waals surface area contributed by atoms with Gasteiger partial charge in [0.1, 0.15) is 11.4 Å². The Morgan fingerprint density at radius 3 is 2.25 bits per heavy atom. The monoisotopic (exact) mass is 277 g/mol. The lowest BCUT2D eigenvalue weighted by Gasteiger charge is -2.13. The number of hydrogen-bond donors (Lipinski definition) is 1. The molecule has 3 aromatic rings. The number of nitrogens with zero attached hydrogens (tertiary/aromatic N) is 1. The molecular formula is C15H10F3NO. The number of rotatable bonds is 1. The van der Waals surface area contributed by atoms with E-state index in [1.54, 1.807) is 30.3 Å². The highest BCUT2D eigenvalue weighted by molar-refractivity contribution is 5.84. The predicted molar refractivity (Wildman–Crippen MR) is 69.9 cm³/mol. The summed E-state index contributed by atoms with van der Waals surface area (Å²) in [5, 5.41) is 9.76. The van der Waals surface area contributed by atoms with Gasteiger partial charge in [-0.05, 0) is 36.4 Å². The van der Waals surface area contributed by atoms with Gasteiger partial charge in [-0.15, -0.1) is 0 Å². The number of halogens is 3. The van der Waals surface area contributed by atoms with E-state index in [1.807, 2.05) is 0 Å². The molecule has 0 aliphatic carbocycles. The van der Waals surface area contributed by atoms with Crippen LogP contribution in [0.3, 0.4) is 0 Å². The van der Waals surface area contributed by atoms with Crippen LogP contribution < -0.4 is 0 Å². The molecule has 0 aliphatic rings. The van der Waals surface area contributed by atoms with E-state index in [0.29, 0.717) is 16.6 Å². The third-order valence-electron chi connectivity index (χ3n) is 3.09. The zero-order valence-electron chi connectivity index (χ0n) is 10.2. The maximum absolute atomic E-state index is 13.2. The molecule has 1 heterocycles. The lowest BCUT2D eigenvalue weighted by atomic mass is 10.2. The van der Waals surface area contributed by atoms with Crippen molar-refractivity contribution in [1.82, 2.24) is 4.57 Å². The van der Waals surface area contributed by atoms with Crippen LogP contribution in [0.5, 0.6) is 5.75 Å². The SMILES string of the molecule is Oc1ccc2c(c1)cc(C(F)(F)F)n2-c1ccccc1. The molecule has 0 radical (unpaired) electrons. The van der Waals surface area contributed by atoms with Gasteiger partial charge >= 0.3 is 6.18 Å². The van der Waals surface area contributed by atoms with E-state index in [4.69, 9.17) is 0 Å². The average molecular weight is 277 g/mol. The molecule has 0 atom stereocenters. The molecule has 0 amide bonds. The van der Waals surface area contributed by atoms with Crippen LogP contribution in [0.1, 0.15) is 5.69 Å². The van der Waals surface area contributed by atoms with Gasteiger partial charge in [-0.1, -0.05) is 18.2 Å². The van der Waals surface area contributed by atoms with Gasteiger partial charge in [-0.3, -0.25) is 0 Å². The number of aromatic hydroxyl groups is 1. The Kier molecular flexibility index (Phi) is 2.71. The van der Waals surface area contributed by atoms with Crippen molar-refractivity contribution in [3.63, 3.8) is 0 Å². The first-order valence-electron chi connectivity index (χ1n) is 5.94. The molecule has 0 spiro atoms. The van der Waals surface area contributed by atoms with Crippen molar-refractivity contribution in [2.75, 3.05) is 0 Å². The van der Waals surface area contributed by atoms with Crippen LogP contribution in [0.25, 0.3) is 16.6 Å². The molecule has 5 heteroatoms. The van der Waals surface area contributed by atoms with Crippen molar-refractivity contribution in [3.05, 3.63) is 60.3 Å². The number of phenols is 1. The van der Waals surface area contributed by atoms with Gasteiger partial charge in [-0.25, -0.2) is 0 Å². The summed E-state index contributed by atoms with van der Waals surface area (Å²) in [6.45, 7) is 0. The summed E-state index contributed by atoms with van der Waals surface area (Å²) in [6.07, 6.45) is -4.47. The average Bonchev–Trinajstić information content (AvgIpc) is 2.78. The van der Waals surface area contributed by atoms with Crippen LogP contribution in [0.15, 0.2) is 54.6 Å². The van der Waals surface area contributed by atoms with E-state index >= 15 is 0 Å². The summed E-state index contributed by atoms with van der Waals surface area (Å²) in [6, 6.07) is 13.6. The number of hydrogen-bond acceptors (Lipinski definition) is 1. The fraction of sp³-hybridized carbons (Fsp3) is 0.0667. The van der Waals surface area contributed by atoms with Gasteiger partial charge in [0.05, 0.1) is 5.52 Å². The molecule has 20 heavy (non-hydrogen) atoms. The van der Waals surface area contributed by atoms with Crippen LogP contribution >= 0.6 is 0 Å². The standard InChI is InChI=1S/C15H10F3NO/c16-15(17,18)14-9-10-8-12(20)6-7-13(10)19(14)11-4-2-1-3-5-11/h1-9,20H. The molecule has 1 N–H and O–H groups in total. The molecule has 0 fully saturated rings. The van der Waals surface area contributed by atoms with E-state index < -0.39 is 11.9 Å². The zero-order chi connectivity index (χ0) is 14.3. The molecule has 0 aliphatic heterocycles. The highest BCUT2D eigenvalue weighted by Crippen LogP contribution is 2.36. The molecule has 0 unspecified atom stereocenters. The van der Waals surface area contributed by atoms with Crippen LogP contribution in [-0.4, -0.2) is 9.67 Å². The first-order valence-corrected chi connectivity index (χ1v) is 5.94. The van der Waals surface area contributed by atoms with Crippen LogP contribution in [0.2, 0.25) is 0 Å². The Balaban J connectivity index is 2.38. The molecule has 2 nitrogen and oxygen atoms in total. The molecule has 0 saturated carbocycles. The second kappa shape index (κ2) is 4.30. The summed E-state index contributed by atoms with van der Waals surface area (Å²) in [7, 11) is 0. The minimum absolute atomic E-state index is 0.0589. The molecule has 1 aromatic heterocycles. The fourth-order valence-corrected chi connectivity index (χ4v) is 2.27. The number of alkyl halides is 3. The Morgan fingerprint density at radius 2 is 1.60 bits per heavy atom. The van der Waals surface area contributed by atoms with E-state index in [9.17, 15) is 18.3 Å². The van der Waals surface area contributed by atoms with E-state index in [2.05, 4.69) is 0 Å². The van der Waals surface area contributed by atoms with Crippen molar-refractivity contribution >= 4 is 10.9 Å². The summed E-state index contributed by atoms with van der Waals surface area (Å²) in [5.74, 6) is -0.0589. The van der Waals surface area contributed by atoms with E-state index in [1.165, 1.54) is 18.2 Å². The minimum atomic E-state index is -4.47. The third kappa shape index (κ3) is 2.01. The molecule has 2 aromatic carbocycles. The largest absolute Gasteiger partial charge is 0.508 e. The Labute approximate surface area is 112 Å². The summed E-state index contributed by atoms with van der Waals surface area (Å²) < 4.78 is 40.7. The van der Waals surface area contributed by atoms with Gasteiger partial charge in [0.2, 0.25) is 0 Å². The number of aromatic nitrogens is 1. The van der Waals surface area contributed by atoms with Gasteiger partial charge in [0.15, 0.2) is 0 Å². The quantitative estimate of drug-likeness (QED) is 0.702. The highest BCUT2D eigenvalue weighted by atomic mass is 19.4. The van der Waals surface area contributed by atoms with E-state index in [-0.39, 0.29) is 5.75 Å². The molecule has 0 bridgehead atoms. The number of para-hydroxylation sites is 1. The van der Waals surface area contributed by atoms with Crippen molar-refractivity contribution in [2.45, 2.75) is 6.18 Å². The Hall–Kier alpha value is -2.43. The van der Waals surface area contributed by atoms with Gasteiger partial charge in [0.25, 0.3) is 0 Å². The first kappa shape index (κ1) is 12.6. The molecular weight excluding hydrogens is 267 g/mol. The van der Waals surface area contributed by atoms with Crippen molar-refractivity contribution in [3.8, 4) is 11.4 Å². The zero-order valence-corrected chi connectivity index (χ0v) is 10.2. The lowest BCUT2D eigenvalue weighted by Crippen LogP contribution is -2.11. The fourth-order valence-electron chi connectivity index (χ4n) is 2.27. The number of benzene rings is 2. The summed E-state index contributed by atoms with van der Waals surface area (Å²) in [5.41, 5.74) is 0.0751. The highest BCUT2D eigenvalue weighted by Gasteiger charge is 2.35. The summed E-state index contributed by atoms with van der Waals surface area (Å²) >= 11 is 0.